The van der Waals surface area contributed by atoms with Crippen LogP contribution in [0.4, 0.5) is 0 Å². The van der Waals surface area contributed by atoms with Gasteiger partial charge in [0.15, 0.2) is 0 Å². The average Bonchev–Trinajstić information content (AvgIpc) is 2.96. The molecule has 2 aromatic rings. The standard InChI is InChI=1S/C20H23NO6S/c1-2-12-28(24,25)27-18-7-5-15-4-6-17(13-16(15)14-18)26-11-3-10-21-19(22)8-9-20(21)23/h4-7,13-14H,2-3,8-12H2,1H3. The Bertz CT molecular complexity index is 969. The summed E-state index contributed by atoms with van der Waals surface area (Å²) in [5.41, 5.74) is 0. The highest BCUT2D eigenvalue weighted by atomic mass is 32.2. The monoisotopic (exact) mass is 405 g/mol. The summed E-state index contributed by atoms with van der Waals surface area (Å²) in [5, 5.41) is 1.73. The Hall–Kier alpha value is -2.61. The Morgan fingerprint density at radius 2 is 1.61 bits per heavy atom. The smallest absolute Gasteiger partial charge is 0.309 e. The molecule has 0 spiro atoms. The third-order valence-electron chi connectivity index (χ3n) is 4.41. The van der Waals surface area contributed by atoms with Crippen LogP contribution in [0.25, 0.3) is 10.8 Å². The molecular weight excluding hydrogens is 382 g/mol. The van der Waals surface area contributed by atoms with Crippen molar-refractivity contribution in [2.45, 2.75) is 32.6 Å². The minimum absolute atomic E-state index is 0.0315. The van der Waals surface area contributed by atoms with E-state index in [1.54, 1.807) is 31.2 Å². The molecule has 2 aromatic carbocycles. The number of ether oxygens (including phenoxy) is 1. The minimum Gasteiger partial charge on any atom is -0.494 e. The molecule has 0 N–H and O–H groups in total. The zero-order valence-corrected chi connectivity index (χ0v) is 16.5. The van der Waals surface area contributed by atoms with Crippen LogP contribution in [-0.2, 0) is 19.7 Å². The highest BCUT2D eigenvalue weighted by Gasteiger charge is 2.27. The van der Waals surface area contributed by atoms with Crippen molar-refractivity contribution < 1.29 is 26.9 Å². The van der Waals surface area contributed by atoms with Gasteiger partial charge >= 0.3 is 10.1 Å². The van der Waals surface area contributed by atoms with E-state index in [2.05, 4.69) is 0 Å². The lowest BCUT2D eigenvalue weighted by molar-refractivity contribution is -0.138. The fraction of sp³-hybridized carbons (Fsp3) is 0.400. The topological polar surface area (TPSA) is 90.0 Å². The maximum atomic E-state index is 11.8. The Labute approximate surface area is 164 Å². The molecule has 1 aliphatic rings. The number of hydrogen-bond acceptors (Lipinski definition) is 6. The number of rotatable bonds is 9. The van der Waals surface area contributed by atoms with Crippen molar-refractivity contribution >= 4 is 32.7 Å². The molecule has 1 saturated heterocycles. The second kappa shape index (κ2) is 8.60. The first-order valence-corrected chi connectivity index (χ1v) is 10.9. The van der Waals surface area contributed by atoms with E-state index >= 15 is 0 Å². The van der Waals surface area contributed by atoms with Crippen LogP contribution in [0.1, 0.15) is 32.6 Å². The lowest BCUT2D eigenvalue weighted by atomic mass is 10.1. The second-order valence-corrected chi connectivity index (χ2v) is 8.35. The van der Waals surface area contributed by atoms with Gasteiger partial charge in [-0.2, -0.15) is 8.42 Å². The van der Waals surface area contributed by atoms with Crippen molar-refractivity contribution in [2.75, 3.05) is 18.9 Å². The summed E-state index contributed by atoms with van der Waals surface area (Å²) >= 11 is 0. The first kappa shape index (κ1) is 20.1. The molecule has 1 aliphatic heterocycles. The molecule has 7 nitrogen and oxygen atoms in total. The Balaban J connectivity index is 1.61. The fourth-order valence-electron chi connectivity index (χ4n) is 3.07. The number of hydrogen-bond donors (Lipinski definition) is 0. The summed E-state index contributed by atoms with van der Waals surface area (Å²) in [6, 6.07) is 10.6. The van der Waals surface area contributed by atoms with E-state index in [1.807, 2.05) is 12.1 Å². The zero-order chi connectivity index (χ0) is 20.1. The van der Waals surface area contributed by atoms with Crippen LogP contribution >= 0.6 is 0 Å². The summed E-state index contributed by atoms with van der Waals surface area (Å²) in [5.74, 6) is 0.614. The molecule has 2 amide bonds. The molecule has 0 bridgehead atoms. The van der Waals surface area contributed by atoms with Crippen molar-refractivity contribution in [3.8, 4) is 11.5 Å². The lowest BCUT2D eigenvalue weighted by Gasteiger charge is -2.14. The van der Waals surface area contributed by atoms with E-state index in [9.17, 15) is 18.0 Å². The molecule has 0 aromatic heterocycles. The van der Waals surface area contributed by atoms with Gasteiger partial charge < -0.3 is 8.92 Å². The first-order chi connectivity index (χ1) is 13.4. The molecule has 3 rings (SSSR count). The average molecular weight is 405 g/mol. The van der Waals surface area contributed by atoms with E-state index in [0.29, 0.717) is 44.6 Å². The van der Waals surface area contributed by atoms with Gasteiger partial charge in [-0.3, -0.25) is 14.5 Å². The summed E-state index contributed by atoms with van der Waals surface area (Å²) in [6.45, 7) is 2.50. The second-order valence-electron chi connectivity index (χ2n) is 6.66. The van der Waals surface area contributed by atoms with E-state index in [0.717, 1.165) is 10.8 Å². The van der Waals surface area contributed by atoms with Gasteiger partial charge in [-0.15, -0.1) is 0 Å². The largest absolute Gasteiger partial charge is 0.494 e. The fourth-order valence-corrected chi connectivity index (χ4v) is 4.05. The van der Waals surface area contributed by atoms with Gasteiger partial charge in [-0.1, -0.05) is 19.1 Å². The normalized spacial score (nSPS) is 14.7. The molecule has 0 atom stereocenters. The van der Waals surface area contributed by atoms with Crippen LogP contribution in [0.15, 0.2) is 36.4 Å². The van der Waals surface area contributed by atoms with Crippen LogP contribution in [0.2, 0.25) is 0 Å². The Kier molecular flexibility index (Phi) is 6.18. The third-order valence-corrected chi connectivity index (χ3v) is 5.76. The number of likely N-dealkylation sites (tertiary alicyclic amines) is 1. The zero-order valence-electron chi connectivity index (χ0n) is 15.7. The van der Waals surface area contributed by atoms with Crippen molar-refractivity contribution in [3.05, 3.63) is 36.4 Å². The van der Waals surface area contributed by atoms with Gasteiger partial charge in [0.25, 0.3) is 0 Å². The maximum absolute atomic E-state index is 11.8. The van der Waals surface area contributed by atoms with Gasteiger partial charge in [0, 0.05) is 19.4 Å². The van der Waals surface area contributed by atoms with Crippen molar-refractivity contribution in [2.24, 2.45) is 0 Å². The predicted molar refractivity (Wildman–Crippen MR) is 105 cm³/mol. The van der Waals surface area contributed by atoms with Gasteiger partial charge in [0.05, 0.1) is 12.4 Å². The van der Waals surface area contributed by atoms with Crippen LogP contribution in [0.3, 0.4) is 0 Å². The van der Waals surface area contributed by atoms with E-state index in [4.69, 9.17) is 8.92 Å². The minimum atomic E-state index is -3.59. The molecule has 1 heterocycles. The molecule has 28 heavy (non-hydrogen) atoms. The molecule has 150 valence electrons. The van der Waals surface area contributed by atoms with Crippen LogP contribution < -0.4 is 8.92 Å². The SMILES string of the molecule is CCCS(=O)(=O)Oc1ccc2ccc(OCCCN3C(=O)CCC3=O)cc2c1. The highest BCUT2D eigenvalue weighted by Crippen LogP contribution is 2.26. The van der Waals surface area contributed by atoms with Crippen molar-refractivity contribution in [3.63, 3.8) is 0 Å². The van der Waals surface area contributed by atoms with Gasteiger partial charge in [0.1, 0.15) is 11.5 Å². The molecule has 0 saturated carbocycles. The van der Waals surface area contributed by atoms with Crippen molar-refractivity contribution in [1.82, 2.24) is 4.90 Å². The summed E-state index contributed by atoms with van der Waals surface area (Å²) in [7, 11) is -3.59. The number of amides is 2. The highest BCUT2D eigenvalue weighted by molar-refractivity contribution is 7.87. The van der Waals surface area contributed by atoms with E-state index in [1.165, 1.54) is 4.90 Å². The van der Waals surface area contributed by atoms with Gasteiger partial charge in [-0.25, -0.2) is 0 Å². The van der Waals surface area contributed by atoms with Crippen LogP contribution in [-0.4, -0.2) is 44.0 Å². The van der Waals surface area contributed by atoms with Crippen LogP contribution in [0, 0.1) is 0 Å². The third kappa shape index (κ3) is 5.01. The maximum Gasteiger partial charge on any atom is 0.309 e. The van der Waals surface area contributed by atoms with E-state index < -0.39 is 10.1 Å². The lowest BCUT2D eigenvalue weighted by Crippen LogP contribution is -2.30. The Morgan fingerprint density at radius 1 is 0.964 bits per heavy atom. The molecular formula is C20H23NO6S. The Morgan fingerprint density at radius 3 is 2.29 bits per heavy atom. The summed E-state index contributed by atoms with van der Waals surface area (Å²) in [4.78, 5) is 24.4. The quantitative estimate of drug-likeness (QED) is 0.362. The predicted octanol–water partition coefficient (Wildman–Crippen LogP) is 2.88. The number of benzene rings is 2. The molecule has 8 heteroatoms. The van der Waals surface area contributed by atoms with E-state index in [-0.39, 0.29) is 23.3 Å². The summed E-state index contributed by atoms with van der Waals surface area (Å²) in [6.07, 6.45) is 1.63. The molecule has 1 fully saturated rings. The molecule has 0 radical (unpaired) electrons. The number of nitrogens with zero attached hydrogens (tertiary/aromatic N) is 1. The number of carbonyl (C=O) groups is 2. The molecule has 0 aliphatic carbocycles. The number of fused-ring (bicyclic) bond motifs is 1. The molecule has 0 unspecified atom stereocenters. The van der Waals surface area contributed by atoms with Gasteiger partial charge in [-0.05, 0) is 47.9 Å². The van der Waals surface area contributed by atoms with Gasteiger partial charge in [0.2, 0.25) is 11.8 Å². The van der Waals surface area contributed by atoms with Crippen molar-refractivity contribution in [1.29, 1.82) is 0 Å². The first-order valence-electron chi connectivity index (χ1n) is 9.30. The number of imide groups is 1. The summed E-state index contributed by atoms with van der Waals surface area (Å²) < 4.78 is 34.5. The number of carbonyl (C=O) groups excluding carboxylic acids is 2. The van der Waals surface area contributed by atoms with Crippen LogP contribution in [0.5, 0.6) is 11.5 Å².